The number of esters is 1. The lowest BCUT2D eigenvalue weighted by Crippen LogP contribution is -2.25. The maximum Gasteiger partial charge on any atom is 0.333 e. The molecule has 2 aromatic rings. The SMILES string of the molecule is C=C(C)C(=O)OCC(O)COCCOc1ccc(-c2ccccc2)cc1. The predicted octanol–water partition coefficient (Wildman–Crippen LogP) is 3.23. The molecular formula is C21H24O5. The summed E-state index contributed by atoms with van der Waals surface area (Å²) in [5, 5.41) is 9.66. The quantitative estimate of drug-likeness (QED) is 0.402. The number of carbonyl (C=O) groups excluding carboxylic acids is 1. The van der Waals surface area contributed by atoms with Gasteiger partial charge < -0.3 is 19.3 Å². The van der Waals surface area contributed by atoms with Gasteiger partial charge in [0.25, 0.3) is 0 Å². The summed E-state index contributed by atoms with van der Waals surface area (Å²) in [6.45, 7) is 5.66. The monoisotopic (exact) mass is 356 g/mol. The van der Waals surface area contributed by atoms with E-state index >= 15 is 0 Å². The Labute approximate surface area is 153 Å². The second-order valence-electron chi connectivity index (χ2n) is 5.85. The molecule has 0 aromatic heterocycles. The molecule has 0 aliphatic rings. The third kappa shape index (κ3) is 6.70. The molecule has 0 aliphatic heterocycles. The van der Waals surface area contributed by atoms with E-state index in [4.69, 9.17) is 14.2 Å². The molecule has 2 aromatic carbocycles. The maximum absolute atomic E-state index is 11.2. The number of rotatable bonds is 10. The fourth-order valence-corrected chi connectivity index (χ4v) is 2.16. The van der Waals surface area contributed by atoms with E-state index < -0.39 is 12.1 Å². The lowest BCUT2D eigenvalue weighted by atomic mass is 10.1. The molecule has 0 saturated heterocycles. The molecule has 1 atom stereocenters. The van der Waals surface area contributed by atoms with Crippen molar-refractivity contribution >= 4 is 5.97 Å². The molecule has 26 heavy (non-hydrogen) atoms. The molecule has 0 bridgehead atoms. The number of hydrogen-bond donors (Lipinski definition) is 1. The van der Waals surface area contributed by atoms with Gasteiger partial charge in [0.05, 0.1) is 13.2 Å². The lowest BCUT2D eigenvalue weighted by Gasteiger charge is -2.12. The first-order valence-electron chi connectivity index (χ1n) is 8.43. The number of aliphatic hydroxyl groups excluding tert-OH is 1. The van der Waals surface area contributed by atoms with Crippen molar-refractivity contribution < 1.29 is 24.1 Å². The Balaban J connectivity index is 1.62. The fraction of sp³-hybridized carbons (Fsp3) is 0.286. The van der Waals surface area contributed by atoms with Crippen LogP contribution in [0.5, 0.6) is 5.75 Å². The molecule has 0 amide bonds. The van der Waals surface area contributed by atoms with Gasteiger partial charge in [0.15, 0.2) is 0 Å². The zero-order chi connectivity index (χ0) is 18.8. The molecule has 2 rings (SSSR count). The highest BCUT2D eigenvalue weighted by atomic mass is 16.6. The van der Waals surface area contributed by atoms with Crippen molar-refractivity contribution in [2.45, 2.75) is 13.0 Å². The topological polar surface area (TPSA) is 65.0 Å². The number of aliphatic hydroxyl groups is 1. The Morgan fingerprint density at radius 3 is 2.31 bits per heavy atom. The second-order valence-corrected chi connectivity index (χ2v) is 5.85. The van der Waals surface area contributed by atoms with Crippen LogP contribution in [0, 0.1) is 0 Å². The average molecular weight is 356 g/mol. The summed E-state index contributed by atoms with van der Waals surface area (Å²) in [7, 11) is 0. The van der Waals surface area contributed by atoms with E-state index in [1.54, 1.807) is 6.92 Å². The number of carbonyl (C=O) groups is 1. The van der Waals surface area contributed by atoms with E-state index in [-0.39, 0.29) is 13.2 Å². The summed E-state index contributed by atoms with van der Waals surface area (Å²) < 4.78 is 15.8. The second kappa shape index (κ2) is 10.4. The number of benzene rings is 2. The maximum atomic E-state index is 11.2. The third-order valence-corrected chi connectivity index (χ3v) is 3.52. The van der Waals surface area contributed by atoms with E-state index in [1.807, 2.05) is 42.5 Å². The number of ether oxygens (including phenoxy) is 3. The van der Waals surface area contributed by atoms with Crippen LogP contribution in [0.3, 0.4) is 0 Å². The Hall–Kier alpha value is -2.63. The van der Waals surface area contributed by atoms with Gasteiger partial charge in [0.2, 0.25) is 0 Å². The van der Waals surface area contributed by atoms with Crippen LogP contribution in [0.4, 0.5) is 0 Å². The zero-order valence-electron chi connectivity index (χ0n) is 14.9. The Morgan fingerprint density at radius 2 is 1.65 bits per heavy atom. The van der Waals surface area contributed by atoms with Gasteiger partial charge in [-0.25, -0.2) is 4.79 Å². The van der Waals surface area contributed by atoms with Crippen molar-refractivity contribution in [3.8, 4) is 16.9 Å². The Kier molecular flexibility index (Phi) is 7.86. The summed E-state index contributed by atoms with van der Waals surface area (Å²) >= 11 is 0. The first kappa shape index (κ1) is 19.7. The first-order valence-corrected chi connectivity index (χ1v) is 8.43. The Morgan fingerprint density at radius 1 is 1.00 bits per heavy atom. The minimum Gasteiger partial charge on any atom is -0.491 e. The van der Waals surface area contributed by atoms with Crippen molar-refractivity contribution in [1.82, 2.24) is 0 Å². The van der Waals surface area contributed by atoms with Crippen molar-refractivity contribution in [2.75, 3.05) is 26.4 Å². The van der Waals surface area contributed by atoms with Crippen LogP contribution in [0.25, 0.3) is 11.1 Å². The van der Waals surface area contributed by atoms with Crippen LogP contribution >= 0.6 is 0 Å². The molecule has 0 heterocycles. The van der Waals surface area contributed by atoms with E-state index in [0.29, 0.717) is 18.8 Å². The standard InChI is InChI=1S/C21H24O5/c1-16(2)21(23)26-15-19(22)14-24-12-13-25-20-10-8-18(9-11-20)17-6-4-3-5-7-17/h3-11,19,22H,1,12-15H2,2H3. The minimum absolute atomic E-state index is 0.0692. The molecule has 0 spiro atoms. The van der Waals surface area contributed by atoms with Crippen molar-refractivity contribution in [2.24, 2.45) is 0 Å². The molecule has 1 N–H and O–H groups in total. The van der Waals surface area contributed by atoms with Crippen LogP contribution in [-0.4, -0.2) is 43.6 Å². The van der Waals surface area contributed by atoms with E-state index in [9.17, 15) is 9.90 Å². The smallest absolute Gasteiger partial charge is 0.333 e. The van der Waals surface area contributed by atoms with Crippen molar-refractivity contribution in [1.29, 1.82) is 0 Å². The van der Waals surface area contributed by atoms with E-state index in [1.165, 1.54) is 0 Å². The molecule has 5 heteroatoms. The van der Waals surface area contributed by atoms with Gasteiger partial charge in [0, 0.05) is 5.57 Å². The summed E-state index contributed by atoms with van der Waals surface area (Å²) in [6, 6.07) is 17.9. The molecule has 1 unspecified atom stereocenters. The van der Waals surface area contributed by atoms with Crippen LogP contribution in [-0.2, 0) is 14.3 Å². The van der Waals surface area contributed by atoms with E-state index in [2.05, 4.69) is 18.7 Å². The molecule has 0 saturated carbocycles. The van der Waals surface area contributed by atoms with Gasteiger partial charge >= 0.3 is 5.97 Å². The third-order valence-electron chi connectivity index (χ3n) is 3.52. The van der Waals surface area contributed by atoms with Gasteiger partial charge in [-0.05, 0) is 30.2 Å². The predicted molar refractivity (Wildman–Crippen MR) is 100.0 cm³/mol. The van der Waals surface area contributed by atoms with Gasteiger partial charge in [-0.15, -0.1) is 0 Å². The van der Waals surface area contributed by atoms with Gasteiger partial charge in [0.1, 0.15) is 25.1 Å². The molecule has 0 radical (unpaired) electrons. The normalized spacial score (nSPS) is 11.6. The summed E-state index contributed by atoms with van der Waals surface area (Å²) in [5.41, 5.74) is 2.58. The summed E-state index contributed by atoms with van der Waals surface area (Å²) in [5.74, 6) is 0.232. The Bertz CT molecular complexity index is 694. The van der Waals surface area contributed by atoms with Crippen molar-refractivity contribution in [3.05, 3.63) is 66.7 Å². The summed E-state index contributed by atoms with van der Waals surface area (Å²) in [6.07, 6.45) is -0.872. The van der Waals surface area contributed by atoms with Crippen LogP contribution in [0.1, 0.15) is 6.92 Å². The number of hydrogen-bond acceptors (Lipinski definition) is 5. The van der Waals surface area contributed by atoms with Gasteiger partial charge in [-0.3, -0.25) is 0 Å². The fourth-order valence-electron chi connectivity index (χ4n) is 2.16. The van der Waals surface area contributed by atoms with E-state index in [0.717, 1.165) is 16.9 Å². The van der Waals surface area contributed by atoms with Gasteiger partial charge in [-0.2, -0.15) is 0 Å². The molecule has 138 valence electrons. The molecule has 0 aliphatic carbocycles. The largest absolute Gasteiger partial charge is 0.491 e. The highest BCUT2D eigenvalue weighted by Crippen LogP contribution is 2.21. The highest BCUT2D eigenvalue weighted by molar-refractivity contribution is 5.86. The van der Waals surface area contributed by atoms with Gasteiger partial charge in [-0.1, -0.05) is 49.0 Å². The summed E-state index contributed by atoms with van der Waals surface area (Å²) in [4.78, 5) is 11.2. The molecule has 0 fully saturated rings. The first-order chi connectivity index (χ1) is 12.6. The highest BCUT2D eigenvalue weighted by Gasteiger charge is 2.09. The van der Waals surface area contributed by atoms with Crippen molar-refractivity contribution in [3.63, 3.8) is 0 Å². The van der Waals surface area contributed by atoms with Crippen LogP contribution < -0.4 is 4.74 Å². The lowest BCUT2D eigenvalue weighted by molar-refractivity contribution is -0.143. The zero-order valence-corrected chi connectivity index (χ0v) is 14.9. The minimum atomic E-state index is -0.872. The van der Waals surface area contributed by atoms with Crippen LogP contribution in [0.15, 0.2) is 66.7 Å². The molecule has 5 nitrogen and oxygen atoms in total. The van der Waals surface area contributed by atoms with Crippen LogP contribution in [0.2, 0.25) is 0 Å². The molecular weight excluding hydrogens is 332 g/mol. The average Bonchev–Trinajstić information content (AvgIpc) is 2.67.